The standard InChI is InChI=1S/C12H9NO3/c14-12(15)10-11(16-6-13-10)9-5-7-3-1-2-4-8(7)9/h1-4,6,9H,5H2,(H,14,15). The van der Waals surface area contributed by atoms with Crippen LogP contribution in [0.1, 0.15) is 33.3 Å². The third-order valence-electron chi connectivity index (χ3n) is 2.97. The van der Waals surface area contributed by atoms with Crippen LogP contribution >= 0.6 is 0 Å². The zero-order valence-corrected chi connectivity index (χ0v) is 8.38. The number of fused-ring (bicyclic) bond motifs is 1. The molecule has 16 heavy (non-hydrogen) atoms. The number of hydrogen-bond acceptors (Lipinski definition) is 3. The summed E-state index contributed by atoms with van der Waals surface area (Å²) in [4.78, 5) is 14.6. The number of carboxylic acid groups (broad SMARTS) is 1. The van der Waals surface area contributed by atoms with E-state index in [1.165, 1.54) is 12.0 Å². The minimum atomic E-state index is -1.03. The highest BCUT2D eigenvalue weighted by molar-refractivity contribution is 5.86. The Hall–Kier alpha value is -2.10. The lowest BCUT2D eigenvalue weighted by Crippen LogP contribution is -2.19. The number of aromatic nitrogens is 1. The van der Waals surface area contributed by atoms with Crippen molar-refractivity contribution in [3.63, 3.8) is 0 Å². The zero-order valence-electron chi connectivity index (χ0n) is 8.38. The molecule has 3 rings (SSSR count). The molecule has 1 aromatic carbocycles. The molecule has 0 saturated carbocycles. The van der Waals surface area contributed by atoms with Crippen LogP contribution in [0.15, 0.2) is 35.1 Å². The Morgan fingerprint density at radius 1 is 1.44 bits per heavy atom. The minimum absolute atomic E-state index is 0.0273. The van der Waals surface area contributed by atoms with Crippen molar-refractivity contribution in [3.05, 3.63) is 53.2 Å². The van der Waals surface area contributed by atoms with Crippen LogP contribution < -0.4 is 0 Å². The molecule has 0 bridgehead atoms. The quantitative estimate of drug-likeness (QED) is 0.832. The Balaban J connectivity index is 2.02. The molecule has 4 heteroatoms. The maximum absolute atomic E-state index is 10.9. The van der Waals surface area contributed by atoms with Crippen LogP contribution in [0.5, 0.6) is 0 Å². The molecule has 0 amide bonds. The van der Waals surface area contributed by atoms with Crippen molar-refractivity contribution >= 4 is 5.97 Å². The van der Waals surface area contributed by atoms with E-state index >= 15 is 0 Å². The van der Waals surface area contributed by atoms with E-state index in [0.29, 0.717) is 5.76 Å². The van der Waals surface area contributed by atoms with Crippen LogP contribution in [0.4, 0.5) is 0 Å². The summed E-state index contributed by atoms with van der Waals surface area (Å²) in [7, 11) is 0. The number of hydrogen-bond donors (Lipinski definition) is 1. The lowest BCUT2D eigenvalue weighted by atomic mass is 9.76. The van der Waals surface area contributed by atoms with Gasteiger partial charge in [0.15, 0.2) is 12.1 Å². The topological polar surface area (TPSA) is 63.3 Å². The first kappa shape index (κ1) is 9.15. The van der Waals surface area contributed by atoms with Crippen molar-refractivity contribution in [2.45, 2.75) is 12.3 Å². The molecule has 0 aliphatic heterocycles. The molecule has 1 aliphatic carbocycles. The lowest BCUT2D eigenvalue weighted by molar-refractivity contribution is 0.0688. The van der Waals surface area contributed by atoms with Gasteiger partial charge >= 0.3 is 5.97 Å². The van der Waals surface area contributed by atoms with Crippen molar-refractivity contribution in [2.75, 3.05) is 0 Å². The largest absolute Gasteiger partial charge is 0.476 e. The SMILES string of the molecule is O=C(O)c1ncoc1C1Cc2ccccc21. The third-order valence-corrected chi connectivity index (χ3v) is 2.97. The van der Waals surface area contributed by atoms with Gasteiger partial charge in [0.1, 0.15) is 5.76 Å². The summed E-state index contributed by atoms with van der Waals surface area (Å²) in [5.74, 6) is -0.524. The van der Waals surface area contributed by atoms with Crippen LogP contribution in [0.25, 0.3) is 0 Å². The summed E-state index contributed by atoms with van der Waals surface area (Å²) in [6, 6.07) is 7.97. The second-order valence-corrected chi connectivity index (χ2v) is 3.83. The van der Waals surface area contributed by atoms with E-state index in [4.69, 9.17) is 9.52 Å². The second-order valence-electron chi connectivity index (χ2n) is 3.83. The van der Waals surface area contributed by atoms with Gasteiger partial charge in [0.2, 0.25) is 0 Å². The van der Waals surface area contributed by atoms with E-state index in [1.807, 2.05) is 24.3 Å². The van der Waals surface area contributed by atoms with Gasteiger partial charge in [-0.3, -0.25) is 0 Å². The Bertz CT molecular complexity index is 559. The molecule has 1 aromatic heterocycles. The molecule has 0 radical (unpaired) electrons. The van der Waals surface area contributed by atoms with Gasteiger partial charge < -0.3 is 9.52 Å². The summed E-state index contributed by atoms with van der Waals surface area (Å²) in [6.07, 6.45) is 2.02. The first-order valence-electron chi connectivity index (χ1n) is 5.02. The van der Waals surface area contributed by atoms with Gasteiger partial charge in [0.25, 0.3) is 0 Å². The predicted octanol–water partition coefficient (Wildman–Crippen LogP) is 2.06. The number of carboxylic acids is 1. The van der Waals surface area contributed by atoms with E-state index in [9.17, 15) is 4.79 Å². The Morgan fingerprint density at radius 2 is 2.25 bits per heavy atom. The Kier molecular flexibility index (Phi) is 1.83. The fourth-order valence-corrected chi connectivity index (χ4v) is 2.16. The van der Waals surface area contributed by atoms with Gasteiger partial charge in [-0.25, -0.2) is 9.78 Å². The molecule has 1 heterocycles. The second kappa shape index (κ2) is 3.20. The van der Waals surface area contributed by atoms with E-state index in [-0.39, 0.29) is 11.6 Å². The van der Waals surface area contributed by atoms with Crippen molar-refractivity contribution in [1.29, 1.82) is 0 Å². The van der Waals surface area contributed by atoms with Crippen LogP contribution in [0.3, 0.4) is 0 Å². The summed E-state index contributed by atoms with van der Waals surface area (Å²) in [5, 5.41) is 8.95. The monoisotopic (exact) mass is 215 g/mol. The molecule has 0 spiro atoms. The van der Waals surface area contributed by atoms with Crippen LogP contribution in [0.2, 0.25) is 0 Å². The van der Waals surface area contributed by atoms with Crippen molar-refractivity contribution < 1.29 is 14.3 Å². The number of rotatable bonds is 2. The van der Waals surface area contributed by atoms with Gasteiger partial charge in [-0.05, 0) is 17.5 Å². The van der Waals surface area contributed by atoms with E-state index in [1.54, 1.807) is 0 Å². The summed E-state index contributed by atoms with van der Waals surface area (Å²) in [5.41, 5.74) is 2.42. The van der Waals surface area contributed by atoms with Crippen molar-refractivity contribution in [3.8, 4) is 0 Å². The van der Waals surface area contributed by atoms with Gasteiger partial charge in [0.05, 0.1) is 0 Å². The first-order valence-corrected chi connectivity index (χ1v) is 5.02. The van der Waals surface area contributed by atoms with E-state index < -0.39 is 5.97 Å². The predicted molar refractivity (Wildman–Crippen MR) is 55.5 cm³/mol. The maximum Gasteiger partial charge on any atom is 0.358 e. The number of benzene rings is 1. The smallest absolute Gasteiger partial charge is 0.358 e. The number of oxazole rings is 1. The van der Waals surface area contributed by atoms with Gasteiger partial charge in [0, 0.05) is 5.92 Å². The van der Waals surface area contributed by atoms with Gasteiger partial charge in [-0.15, -0.1) is 0 Å². The molecule has 1 N–H and O–H groups in total. The molecule has 1 unspecified atom stereocenters. The fraction of sp³-hybridized carbons (Fsp3) is 0.167. The van der Waals surface area contributed by atoms with Crippen LogP contribution in [-0.2, 0) is 6.42 Å². The highest BCUT2D eigenvalue weighted by Crippen LogP contribution is 2.40. The molecule has 0 saturated heterocycles. The molecule has 2 aromatic rings. The number of aromatic carboxylic acids is 1. The normalized spacial score (nSPS) is 17.6. The lowest BCUT2D eigenvalue weighted by Gasteiger charge is -2.28. The fourth-order valence-electron chi connectivity index (χ4n) is 2.16. The minimum Gasteiger partial charge on any atom is -0.476 e. The van der Waals surface area contributed by atoms with Crippen LogP contribution in [-0.4, -0.2) is 16.1 Å². The first-order chi connectivity index (χ1) is 7.77. The van der Waals surface area contributed by atoms with E-state index in [0.717, 1.165) is 12.0 Å². The zero-order chi connectivity index (χ0) is 11.1. The molecule has 80 valence electrons. The van der Waals surface area contributed by atoms with Gasteiger partial charge in [-0.2, -0.15) is 0 Å². The Labute approximate surface area is 91.5 Å². The molecule has 4 nitrogen and oxygen atoms in total. The summed E-state index contributed by atoms with van der Waals surface area (Å²) >= 11 is 0. The molecular weight excluding hydrogens is 206 g/mol. The highest BCUT2D eigenvalue weighted by Gasteiger charge is 2.33. The number of carbonyl (C=O) groups is 1. The average Bonchev–Trinajstić information content (AvgIpc) is 2.68. The third kappa shape index (κ3) is 1.16. The van der Waals surface area contributed by atoms with Crippen molar-refractivity contribution in [1.82, 2.24) is 4.98 Å². The Morgan fingerprint density at radius 3 is 3.00 bits per heavy atom. The molecule has 0 fully saturated rings. The van der Waals surface area contributed by atoms with Crippen molar-refractivity contribution in [2.24, 2.45) is 0 Å². The summed E-state index contributed by atoms with van der Waals surface area (Å²) < 4.78 is 5.19. The maximum atomic E-state index is 10.9. The molecule has 1 atom stereocenters. The van der Waals surface area contributed by atoms with Crippen LogP contribution in [0, 0.1) is 0 Å². The molecular formula is C12H9NO3. The highest BCUT2D eigenvalue weighted by atomic mass is 16.4. The molecule has 1 aliphatic rings. The van der Waals surface area contributed by atoms with Gasteiger partial charge in [-0.1, -0.05) is 24.3 Å². The number of nitrogens with zero attached hydrogens (tertiary/aromatic N) is 1. The van der Waals surface area contributed by atoms with E-state index in [2.05, 4.69) is 4.98 Å². The summed E-state index contributed by atoms with van der Waals surface area (Å²) in [6.45, 7) is 0. The average molecular weight is 215 g/mol.